The van der Waals surface area contributed by atoms with Crippen molar-refractivity contribution in [2.75, 3.05) is 56.2 Å². The first-order valence-corrected chi connectivity index (χ1v) is 10.8. The standard InChI is InChI=1S/C21H26N8O2/c30-17-3-1-7-29(17)8-2-6-22-20-18-21(25-14-24-18)27-19(26-20)15-4-5-16(23-13-15)28-9-11-31-12-10-28/h4-5,13-14H,1-3,6-12H2,(H2,22,24,25,26,27). The number of imidazole rings is 1. The van der Waals surface area contributed by atoms with Gasteiger partial charge in [0.05, 0.1) is 19.5 Å². The van der Waals surface area contributed by atoms with Crippen LogP contribution in [0.1, 0.15) is 19.3 Å². The van der Waals surface area contributed by atoms with Crippen LogP contribution in [0, 0.1) is 0 Å². The molecule has 3 aromatic rings. The minimum Gasteiger partial charge on any atom is -0.378 e. The first kappa shape index (κ1) is 19.7. The predicted molar refractivity (Wildman–Crippen MR) is 117 cm³/mol. The van der Waals surface area contributed by atoms with Gasteiger partial charge in [-0.25, -0.2) is 19.9 Å². The summed E-state index contributed by atoms with van der Waals surface area (Å²) < 4.78 is 5.41. The summed E-state index contributed by atoms with van der Waals surface area (Å²) >= 11 is 0. The summed E-state index contributed by atoms with van der Waals surface area (Å²) in [6.07, 6.45) is 5.93. The van der Waals surface area contributed by atoms with E-state index in [1.54, 1.807) is 12.5 Å². The van der Waals surface area contributed by atoms with Gasteiger partial charge in [-0.2, -0.15) is 0 Å². The second-order valence-corrected chi connectivity index (χ2v) is 7.77. The maximum absolute atomic E-state index is 11.8. The van der Waals surface area contributed by atoms with Crippen molar-refractivity contribution >= 4 is 28.7 Å². The monoisotopic (exact) mass is 422 g/mol. The molecule has 2 fully saturated rings. The Morgan fingerprint density at radius 3 is 2.81 bits per heavy atom. The van der Waals surface area contributed by atoms with E-state index in [1.807, 2.05) is 17.0 Å². The third-order valence-electron chi connectivity index (χ3n) is 5.70. The van der Waals surface area contributed by atoms with Crippen LogP contribution in [-0.2, 0) is 9.53 Å². The van der Waals surface area contributed by atoms with Gasteiger partial charge in [0.25, 0.3) is 0 Å². The molecule has 2 aliphatic heterocycles. The van der Waals surface area contributed by atoms with Crippen LogP contribution in [0.25, 0.3) is 22.6 Å². The van der Waals surface area contributed by atoms with Crippen molar-refractivity contribution in [1.29, 1.82) is 0 Å². The SMILES string of the molecule is O=C1CCCN1CCCNc1nc(-c2ccc(N3CCOCC3)nc2)nc2nc[nH]c12. The molecule has 162 valence electrons. The van der Waals surface area contributed by atoms with E-state index < -0.39 is 0 Å². The third kappa shape index (κ3) is 4.29. The number of fused-ring (bicyclic) bond motifs is 1. The Hall–Kier alpha value is -3.27. The number of pyridine rings is 1. The summed E-state index contributed by atoms with van der Waals surface area (Å²) in [4.78, 5) is 37.2. The molecule has 2 aliphatic rings. The number of amides is 1. The molecule has 10 nitrogen and oxygen atoms in total. The van der Waals surface area contributed by atoms with E-state index in [2.05, 4.69) is 30.2 Å². The zero-order chi connectivity index (χ0) is 21.0. The number of H-pyrrole nitrogens is 1. The molecule has 0 saturated carbocycles. The molecule has 0 spiro atoms. The van der Waals surface area contributed by atoms with Crippen LogP contribution in [0.3, 0.4) is 0 Å². The van der Waals surface area contributed by atoms with Gasteiger partial charge in [-0.1, -0.05) is 0 Å². The van der Waals surface area contributed by atoms with Gasteiger partial charge in [0, 0.05) is 50.9 Å². The number of ether oxygens (including phenoxy) is 1. The number of nitrogens with zero attached hydrogens (tertiary/aromatic N) is 6. The number of rotatable bonds is 7. The average Bonchev–Trinajstić information content (AvgIpc) is 3.46. The summed E-state index contributed by atoms with van der Waals surface area (Å²) in [7, 11) is 0. The van der Waals surface area contributed by atoms with Gasteiger partial charge in [0.2, 0.25) is 5.91 Å². The van der Waals surface area contributed by atoms with Gasteiger partial charge in [-0.15, -0.1) is 0 Å². The molecule has 0 atom stereocenters. The molecule has 1 amide bonds. The fourth-order valence-electron chi connectivity index (χ4n) is 4.01. The van der Waals surface area contributed by atoms with Crippen LogP contribution in [0.15, 0.2) is 24.7 Å². The van der Waals surface area contributed by atoms with Crippen LogP contribution in [0.4, 0.5) is 11.6 Å². The molecule has 5 heterocycles. The number of nitrogens with one attached hydrogen (secondary N) is 2. The number of aromatic amines is 1. The number of hydrogen-bond donors (Lipinski definition) is 2. The predicted octanol–water partition coefficient (Wildman–Crippen LogP) is 1.68. The molecule has 0 bridgehead atoms. The second-order valence-electron chi connectivity index (χ2n) is 7.77. The Morgan fingerprint density at radius 1 is 1.13 bits per heavy atom. The number of likely N-dealkylation sites (tertiary alicyclic amines) is 1. The van der Waals surface area contributed by atoms with Gasteiger partial charge in [0.15, 0.2) is 17.3 Å². The van der Waals surface area contributed by atoms with E-state index in [0.717, 1.165) is 69.1 Å². The molecule has 3 aromatic heterocycles. The van der Waals surface area contributed by atoms with Crippen molar-refractivity contribution in [2.24, 2.45) is 0 Å². The van der Waals surface area contributed by atoms with Crippen molar-refractivity contribution in [2.45, 2.75) is 19.3 Å². The van der Waals surface area contributed by atoms with Crippen LogP contribution in [-0.4, -0.2) is 81.7 Å². The number of hydrogen-bond acceptors (Lipinski definition) is 8. The molecular formula is C21H26N8O2. The molecule has 2 N–H and O–H groups in total. The summed E-state index contributed by atoms with van der Waals surface area (Å²) in [5, 5.41) is 3.38. The van der Waals surface area contributed by atoms with Gasteiger partial charge < -0.3 is 24.8 Å². The van der Waals surface area contributed by atoms with Crippen molar-refractivity contribution in [3.63, 3.8) is 0 Å². The summed E-state index contributed by atoms with van der Waals surface area (Å²) in [5.41, 5.74) is 2.23. The summed E-state index contributed by atoms with van der Waals surface area (Å²) in [5.74, 6) is 2.48. The Bertz CT molecular complexity index is 1050. The first-order chi connectivity index (χ1) is 15.3. The van der Waals surface area contributed by atoms with Gasteiger partial charge in [-0.05, 0) is 25.0 Å². The zero-order valence-electron chi connectivity index (χ0n) is 17.4. The quantitative estimate of drug-likeness (QED) is 0.553. The van der Waals surface area contributed by atoms with Gasteiger partial charge in [0.1, 0.15) is 11.3 Å². The van der Waals surface area contributed by atoms with Crippen molar-refractivity contribution in [3.05, 3.63) is 24.7 Å². The zero-order valence-corrected chi connectivity index (χ0v) is 17.4. The third-order valence-corrected chi connectivity index (χ3v) is 5.70. The number of carbonyl (C=O) groups excluding carboxylic acids is 1. The maximum Gasteiger partial charge on any atom is 0.222 e. The van der Waals surface area contributed by atoms with Gasteiger partial charge >= 0.3 is 0 Å². The lowest BCUT2D eigenvalue weighted by atomic mass is 10.2. The van der Waals surface area contributed by atoms with E-state index in [-0.39, 0.29) is 5.91 Å². The fraction of sp³-hybridized carbons (Fsp3) is 0.476. The highest BCUT2D eigenvalue weighted by Crippen LogP contribution is 2.24. The smallest absolute Gasteiger partial charge is 0.222 e. The fourth-order valence-corrected chi connectivity index (χ4v) is 4.01. The Labute approximate surface area is 180 Å². The second kappa shape index (κ2) is 8.84. The molecule has 0 radical (unpaired) electrons. The van der Waals surface area contributed by atoms with Crippen LogP contribution in [0.5, 0.6) is 0 Å². The van der Waals surface area contributed by atoms with Crippen molar-refractivity contribution < 1.29 is 9.53 Å². The van der Waals surface area contributed by atoms with E-state index in [1.165, 1.54) is 0 Å². The van der Waals surface area contributed by atoms with E-state index in [9.17, 15) is 4.79 Å². The van der Waals surface area contributed by atoms with Crippen molar-refractivity contribution in [3.8, 4) is 11.4 Å². The van der Waals surface area contributed by atoms with Crippen LogP contribution in [0.2, 0.25) is 0 Å². The lowest BCUT2D eigenvalue weighted by Crippen LogP contribution is -2.36. The molecule has 10 heteroatoms. The average molecular weight is 422 g/mol. The lowest BCUT2D eigenvalue weighted by molar-refractivity contribution is -0.127. The van der Waals surface area contributed by atoms with Crippen LogP contribution >= 0.6 is 0 Å². The Balaban J connectivity index is 1.29. The molecular weight excluding hydrogens is 396 g/mol. The number of carbonyl (C=O) groups is 1. The highest BCUT2D eigenvalue weighted by atomic mass is 16.5. The number of morpholine rings is 1. The number of aromatic nitrogens is 5. The maximum atomic E-state index is 11.8. The molecule has 2 saturated heterocycles. The molecule has 0 aliphatic carbocycles. The van der Waals surface area contributed by atoms with Crippen molar-refractivity contribution in [1.82, 2.24) is 29.8 Å². The summed E-state index contributed by atoms with van der Waals surface area (Å²) in [6, 6.07) is 3.99. The largest absolute Gasteiger partial charge is 0.378 e. The summed E-state index contributed by atoms with van der Waals surface area (Å²) in [6.45, 7) is 5.49. The highest BCUT2D eigenvalue weighted by Gasteiger charge is 2.19. The van der Waals surface area contributed by atoms with Crippen LogP contribution < -0.4 is 10.2 Å². The highest BCUT2D eigenvalue weighted by molar-refractivity contribution is 5.84. The first-order valence-electron chi connectivity index (χ1n) is 10.8. The minimum atomic E-state index is 0.258. The lowest BCUT2D eigenvalue weighted by Gasteiger charge is -2.27. The molecule has 0 aromatic carbocycles. The molecule has 0 unspecified atom stereocenters. The Morgan fingerprint density at radius 2 is 2.03 bits per heavy atom. The van der Waals surface area contributed by atoms with E-state index >= 15 is 0 Å². The number of anilines is 2. The van der Waals surface area contributed by atoms with Gasteiger partial charge in [-0.3, -0.25) is 4.79 Å². The normalized spacial score (nSPS) is 17.0. The minimum absolute atomic E-state index is 0.258. The Kier molecular flexibility index (Phi) is 5.61. The topological polar surface area (TPSA) is 112 Å². The molecule has 5 rings (SSSR count). The van der Waals surface area contributed by atoms with E-state index in [0.29, 0.717) is 30.3 Å². The molecule has 31 heavy (non-hydrogen) atoms. The van der Waals surface area contributed by atoms with E-state index in [4.69, 9.17) is 9.72 Å².